The number of carboxylic acid groups (broad SMARTS) is 1. The first-order valence-corrected chi connectivity index (χ1v) is 11.4. The molecule has 0 spiro atoms. The van der Waals surface area contributed by atoms with E-state index in [0.29, 0.717) is 12.2 Å². The minimum atomic E-state index is -0.885. The van der Waals surface area contributed by atoms with E-state index in [4.69, 9.17) is 0 Å². The molecule has 0 aliphatic heterocycles. The molecule has 0 saturated heterocycles. The second-order valence-electron chi connectivity index (χ2n) is 9.11. The molecule has 0 aromatic carbocycles. The summed E-state index contributed by atoms with van der Waals surface area (Å²) in [5.41, 5.74) is 0.587. The van der Waals surface area contributed by atoms with E-state index in [1.807, 2.05) is 6.92 Å². The third-order valence-corrected chi connectivity index (χ3v) is 7.31. The van der Waals surface area contributed by atoms with Gasteiger partial charge < -0.3 is 15.7 Å². The van der Waals surface area contributed by atoms with Gasteiger partial charge in [-0.05, 0) is 57.3 Å². The number of aryl methyl sites for hydroxylation is 1. The predicted molar refractivity (Wildman–Crippen MR) is 111 cm³/mol. The van der Waals surface area contributed by atoms with Crippen LogP contribution in [-0.2, 0) is 16.1 Å². The molecule has 4 aliphatic rings. The molecule has 2 bridgehead atoms. The van der Waals surface area contributed by atoms with Crippen molar-refractivity contribution in [3.8, 4) is 0 Å². The first-order valence-electron chi connectivity index (χ1n) is 11.4. The maximum atomic E-state index is 13.2. The van der Waals surface area contributed by atoms with E-state index in [1.54, 1.807) is 10.9 Å². The van der Waals surface area contributed by atoms with Crippen LogP contribution in [0.2, 0.25) is 0 Å². The van der Waals surface area contributed by atoms with Crippen LogP contribution >= 0.6 is 0 Å². The number of anilines is 1. The summed E-state index contributed by atoms with van der Waals surface area (Å²) in [7, 11) is 0. The van der Waals surface area contributed by atoms with Crippen molar-refractivity contribution >= 4 is 23.5 Å². The molecular formula is C22H32N4O4. The van der Waals surface area contributed by atoms with Crippen LogP contribution in [0.15, 0.2) is 6.20 Å². The highest BCUT2D eigenvalue weighted by atomic mass is 16.4. The van der Waals surface area contributed by atoms with Crippen LogP contribution in [-0.4, -0.2) is 38.7 Å². The van der Waals surface area contributed by atoms with Gasteiger partial charge in [-0.2, -0.15) is 5.10 Å². The molecule has 164 valence electrons. The highest BCUT2D eigenvalue weighted by molar-refractivity contribution is 6.03. The second kappa shape index (κ2) is 8.78. The number of hydrogen-bond acceptors (Lipinski definition) is 4. The van der Waals surface area contributed by atoms with Crippen molar-refractivity contribution < 1.29 is 19.5 Å². The fraction of sp³-hybridized carbons (Fsp3) is 0.727. The first-order chi connectivity index (χ1) is 14.5. The lowest BCUT2D eigenvalue weighted by atomic mass is 9.58. The number of fused-ring (bicyclic) bond motifs is 3. The van der Waals surface area contributed by atoms with Gasteiger partial charge in [0.15, 0.2) is 5.69 Å². The van der Waals surface area contributed by atoms with Crippen molar-refractivity contribution in [2.45, 2.75) is 77.3 Å². The summed E-state index contributed by atoms with van der Waals surface area (Å²) in [4.78, 5) is 38.0. The van der Waals surface area contributed by atoms with Gasteiger partial charge in [-0.3, -0.25) is 19.1 Å². The van der Waals surface area contributed by atoms with Gasteiger partial charge in [0.05, 0.1) is 17.5 Å². The van der Waals surface area contributed by atoms with Crippen molar-refractivity contribution in [1.82, 2.24) is 15.1 Å². The smallest absolute Gasteiger partial charge is 0.307 e. The summed E-state index contributed by atoms with van der Waals surface area (Å²) < 4.78 is 1.63. The van der Waals surface area contributed by atoms with Crippen molar-refractivity contribution in [1.29, 1.82) is 0 Å². The molecule has 4 fully saturated rings. The Bertz CT molecular complexity index is 806. The molecule has 4 saturated carbocycles. The highest BCUT2D eigenvalue weighted by Gasteiger charge is 2.50. The third-order valence-electron chi connectivity index (χ3n) is 7.31. The Balaban J connectivity index is 1.52. The fourth-order valence-corrected chi connectivity index (χ4v) is 5.74. The van der Waals surface area contributed by atoms with Gasteiger partial charge in [0.25, 0.3) is 5.91 Å². The number of nitrogens with one attached hydrogen (secondary N) is 2. The summed E-state index contributed by atoms with van der Waals surface area (Å²) in [6, 6.07) is 0.145. The predicted octanol–water partition coefficient (Wildman–Crippen LogP) is 3.04. The van der Waals surface area contributed by atoms with Gasteiger partial charge in [0.1, 0.15) is 0 Å². The Morgan fingerprint density at radius 2 is 1.67 bits per heavy atom. The minimum absolute atomic E-state index is 0.0654. The van der Waals surface area contributed by atoms with Gasteiger partial charge >= 0.3 is 5.97 Å². The molecule has 4 aliphatic carbocycles. The van der Waals surface area contributed by atoms with Crippen LogP contribution in [0.4, 0.5) is 5.69 Å². The molecule has 5 rings (SSSR count). The number of aliphatic carboxylic acids is 1. The highest BCUT2D eigenvalue weighted by Crippen LogP contribution is 2.49. The van der Waals surface area contributed by atoms with Gasteiger partial charge in [0.2, 0.25) is 5.91 Å². The minimum Gasteiger partial charge on any atom is -0.481 e. The number of hydrogen-bond donors (Lipinski definition) is 3. The summed E-state index contributed by atoms with van der Waals surface area (Å²) in [5, 5.41) is 20.1. The molecule has 1 heterocycles. The molecule has 1 aromatic heterocycles. The zero-order valence-corrected chi connectivity index (χ0v) is 17.6. The summed E-state index contributed by atoms with van der Waals surface area (Å²) in [6.45, 7) is 2.49. The summed E-state index contributed by atoms with van der Waals surface area (Å²) in [6.07, 6.45) is 10.6. The van der Waals surface area contributed by atoms with E-state index >= 15 is 0 Å². The zero-order chi connectivity index (χ0) is 21.3. The van der Waals surface area contributed by atoms with E-state index in [0.717, 1.165) is 51.4 Å². The van der Waals surface area contributed by atoms with E-state index < -0.39 is 17.8 Å². The molecular weight excluding hydrogens is 384 g/mol. The third kappa shape index (κ3) is 4.09. The standard InChI is InChI=1S/C22H32N4O4/c1-2-26-12-16(19(25-26)21(28)23-15-6-4-3-5-7-15)24-20(27)17-13-8-10-14(11-9-13)18(17)22(29)30/h12-15,17-18H,2-11H2,1H3,(H,23,28)(H,24,27)(H,29,30)/t13?,14?,17-,18-/m0/s1. The molecule has 8 heteroatoms. The number of amides is 2. The molecule has 30 heavy (non-hydrogen) atoms. The average Bonchev–Trinajstić information content (AvgIpc) is 3.17. The SMILES string of the molecule is CCn1cc(NC(=O)[C@H]2C3CCC(CC3)[C@@H]2C(=O)O)c(C(=O)NC2CCCCC2)n1. The Labute approximate surface area is 176 Å². The lowest BCUT2D eigenvalue weighted by Gasteiger charge is -2.45. The van der Waals surface area contributed by atoms with Crippen LogP contribution in [0.3, 0.4) is 0 Å². The van der Waals surface area contributed by atoms with E-state index in [1.165, 1.54) is 6.42 Å². The number of nitrogens with zero attached hydrogens (tertiary/aromatic N) is 2. The Morgan fingerprint density at radius 3 is 2.27 bits per heavy atom. The quantitative estimate of drug-likeness (QED) is 0.660. The maximum Gasteiger partial charge on any atom is 0.307 e. The fourth-order valence-electron chi connectivity index (χ4n) is 5.74. The van der Waals surface area contributed by atoms with E-state index in [2.05, 4.69) is 15.7 Å². The normalized spacial score (nSPS) is 28.8. The molecule has 1 aromatic rings. The number of carboxylic acids is 1. The molecule has 8 nitrogen and oxygen atoms in total. The van der Waals surface area contributed by atoms with Crippen LogP contribution in [0.25, 0.3) is 0 Å². The van der Waals surface area contributed by atoms with Gasteiger partial charge in [-0.1, -0.05) is 19.3 Å². The average molecular weight is 417 g/mol. The van der Waals surface area contributed by atoms with Crippen molar-refractivity contribution in [3.05, 3.63) is 11.9 Å². The molecule has 3 N–H and O–H groups in total. The Kier molecular flexibility index (Phi) is 6.11. The molecule has 0 radical (unpaired) electrons. The van der Waals surface area contributed by atoms with Crippen molar-refractivity contribution in [3.63, 3.8) is 0 Å². The van der Waals surface area contributed by atoms with Crippen LogP contribution in [0.1, 0.15) is 75.2 Å². The van der Waals surface area contributed by atoms with Crippen LogP contribution < -0.4 is 10.6 Å². The maximum absolute atomic E-state index is 13.2. The van der Waals surface area contributed by atoms with E-state index in [9.17, 15) is 19.5 Å². The molecule has 0 unspecified atom stereocenters. The van der Waals surface area contributed by atoms with Gasteiger partial charge in [-0.25, -0.2) is 0 Å². The summed E-state index contributed by atoms with van der Waals surface area (Å²) >= 11 is 0. The Hall–Kier alpha value is -2.38. The molecule has 2 amide bonds. The topological polar surface area (TPSA) is 113 Å². The molecule has 2 atom stereocenters. The van der Waals surface area contributed by atoms with Gasteiger partial charge in [-0.15, -0.1) is 0 Å². The summed E-state index contributed by atoms with van der Waals surface area (Å²) in [5.74, 6) is -2.48. The van der Waals surface area contributed by atoms with Crippen LogP contribution in [0.5, 0.6) is 0 Å². The number of carbonyl (C=O) groups excluding carboxylic acids is 2. The largest absolute Gasteiger partial charge is 0.481 e. The number of carbonyl (C=O) groups is 3. The lowest BCUT2D eigenvalue weighted by Crippen LogP contribution is -2.49. The van der Waals surface area contributed by atoms with Gasteiger partial charge in [0, 0.05) is 18.8 Å². The van der Waals surface area contributed by atoms with E-state index in [-0.39, 0.29) is 35.4 Å². The second-order valence-corrected chi connectivity index (χ2v) is 9.11. The monoisotopic (exact) mass is 416 g/mol. The Morgan fingerprint density at radius 1 is 1.03 bits per heavy atom. The number of rotatable bonds is 6. The lowest BCUT2D eigenvalue weighted by molar-refractivity contribution is -0.156. The van der Waals surface area contributed by atoms with Crippen LogP contribution in [0, 0.1) is 23.7 Å². The zero-order valence-electron chi connectivity index (χ0n) is 17.6. The van der Waals surface area contributed by atoms with Crippen molar-refractivity contribution in [2.24, 2.45) is 23.7 Å². The van der Waals surface area contributed by atoms with Crippen molar-refractivity contribution in [2.75, 3.05) is 5.32 Å². The first kappa shape index (κ1) is 20.9. The number of aromatic nitrogens is 2.